The van der Waals surface area contributed by atoms with Crippen molar-refractivity contribution in [2.24, 2.45) is 5.11 Å². The van der Waals surface area contributed by atoms with Gasteiger partial charge in [0.1, 0.15) is 5.65 Å². The smallest absolute Gasteiger partial charge is 0.137 e. The second-order valence-electron chi connectivity index (χ2n) is 3.12. The molecule has 0 atom stereocenters. The first-order valence-electron chi connectivity index (χ1n) is 4.36. The van der Waals surface area contributed by atoms with Gasteiger partial charge in [0.2, 0.25) is 0 Å². The second-order valence-corrected chi connectivity index (χ2v) is 3.52. The molecule has 0 radical (unpaired) electrons. The van der Waals surface area contributed by atoms with Gasteiger partial charge in [0.05, 0.1) is 17.3 Å². The highest BCUT2D eigenvalue weighted by Crippen LogP contribution is 2.17. The summed E-state index contributed by atoms with van der Waals surface area (Å²) in [5.74, 6) is 0. The van der Waals surface area contributed by atoms with E-state index in [9.17, 15) is 0 Å². The number of pyridine rings is 1. The van der Waals surface area contributed by atoms with Crippen LogP contribution in [0, 0.1) is 6.92 Å². The fraction of sp³-hybridized carbons (Fsp3) is 0.222. The molecule has 0 saturated carbocycles. The van der Waals surface area contributed by atoms with Crippen molar-refractivity contribution >= 4 is 17.2 Å². The number of halogens is 1. The van der Waals surface area contributed by atoms with Crippen LogP contribution >= 0.6 is 11.6 Å². The average molecular weight is 222 g/mol. The summed E-state index contributed by atoms with van der Waals surface area (Å²) in [7, 11) is 0. The Balaban J connectivity index is 2.55. The number of fused-ring (bicyclic) bond motifs is 1. The zero-order valence-corrected chi connectivity index (χ0v) is 8.81. The van der Waals surface area contributed by atoms with Crippen LogP contribution < -0.4 is 0 Å². The van der Waals surface area contributed by atoms with E-state index in [1.807, 2.05) is 23.6 Å². The Labute approximate surface area is 90.9 Å². The normalized spacial score (nSPS) is 10.3. The van der Waals surface area contributed by atoms with E-state index >= 15 is 0 Å². The number of hydrogen-bond acceptors (Lipinski definition) is 2. The van der Waals surface area contributed by atoms with Crippen molar-refractivity contribution in [3.63, 3.8) is 0 Å². The Bertz CT molecular complexity index is 553. The predicted octanol–water partition coefficient (Wildman–Crippen LogP) is 3.11. The van der Waals surface area contributed by atoms with Crippen LogP contribution in [0.5, 0.6) is 0 Å². The summed E-state index contributed by atoms with van der Waals surface area (Å²) < 4.78 is 1.88. The van der Waals surface area contributed by atoms with Gasteiger partial charge >= 0.3 is 0 Å². The Morgan fingerprint density at radius 2 is 2.40 bits per heavy atom. The maximum absolute atomic E-state index is 8.20. The van der Waals surface area contributed by atoms with Crippen molar-refractivity contribution in [3.05, 3.63) is 45.2 Å². The molecule has 0 unspecified atom stereocenters. The summed E-state index contributed by atoms with van der Waals surface area (Å²) >= 11 is 5.97. The van der Waals surface area contributed by atoms with Gasteiger partial charge in [0, 0.05) is 16.8 Å². The van der Waals surface area contributed by atoms with Gasteiger partial charge in [-0.25, -0.2) is 4.98 Å². The molecule has 5 nitrogen and oxygen atoms in total. The highest BCUT2D eigenvalue weighted by atomic mass is 35.5. The maximum atomic E-state index is 8.20. The topological polar surface area (TPSA) is 66.1 Å². The molecule has 0 aliphatic carbocycles. The van der Waals surface area contributed by atoms with E-state index < -0.39 is 0 Å². The number of aryl methyl sites for hydroxylation is 1. The number of azide groups is 1. The predicted molar refractivity (Wildman–Crippen MR) is 57.8 cm³/mol. The molecule has 2 heterocycles. The molecule has 0 amide bonds. The van der Waals surface area contributed by atoms with E-state index in [-0.39, 0.29) is 6.54 Å². The lowest BCUT2D eigenvalue weighted by Crippen LogP contribution is -1.89. The standard InChI is InChI=1S/C9H8ClN5/c1-6-8(10)2-3-9-13-7(4-12-14-11)5-15(6)9/h2-3,5H,4H2,1H3. The zero-order chi connectivity index (χ0) is 10.8. The van der Waals surface area contributed by atoms with Crippen LogP contribution in [0.4, 0.5) is 0 Å². The lowest BCUT2D eigenvalue weighted by Gasteiger charge is -2.00. The number of aromatic nitrogens is 2. The minimum Gasteiger partial charge on any atom is -0.303 e. The molecule has 2 aromatic rings. The highest BCUT2D eigenvalue weighted by molar-refractivity contribution is 6.31. The summed E-state index contributed by atoms with van der Waals surface area (Å²) in [5.41, 5.74) is 10.7. The minimum atomic E-state index is 0.259. The fourth-order valence-electron chi connectivity index (χ4n) is 1.39. The number of imidazole rings is 1. The third-order valence-electron chi connectivity index (χ3n) is 2.16. The Morgan fingerprint density at radius 1 is 1.60 bits per heavy atom. The molecule has 6 heteroatoms. The SMILES string of the molecule is Cc1c(Cl)ccc2nc(CN=[N+]=[N-])cn12. The molecule has 2 aromatic heterocycles. The summed E-state index contributed by atoms with van der Waals surface area (Å²) in [4.78, 5) is 6.98. The van der Waals surface area contributed by atoms with Gasteiger partial charge < -0.3 is 4.40 Å². The Kier molecular flexibility index (Phi) is 2.49. The summed E-state index contributed by atoms with van der Waals surface area (Å²) in [6.07, 6.45) is 1.82. The van der Waals surface area contributed by atoms with E-state index in [1.54, 1.807) is 6.07 Å². The monoisotopic (exact) mass is 221 g/mol. The van der Waals surface area contributed by atoms with E-state index in [2.05, 4.69) is 15.0 Å². The largest absolute Gasteiger partial charge is 0.303 e. The zero-order valence-electron chi connectivity index (χ0n) is 8.05. The van der Waals surface area contributed by atoms with Crippen molar-refractivity contribution < 1.29 is 0 Å². The van der Waals surface area contributed by atoms with Gasteiger partial charge in [-0.3, -0.25) is 0 Å². The van der Waals surface area contributed by atoms with Crippen LogP contribution in [0.3, 0.4) is 0 Å². The molecule has 2 rings (SSSR count). The molecular weight excluding hydrogens is 214 g/mol. The van der Waals surface area contributed by atoms with Crippen molar-refractivity contribution in [2.45, 2.75) is 13.5 Å². The second kappa shape index (κ2) is 3.81. The summed E-state index contributed by atoms with van der Waals surface area (Å²) in [6, 6.07) is 3.63. The molecule has 0 spiro atoms. The molecule has 76 valence electrons. The van der Waals surface area contributed by atoms with Crippen LogP contribution in [0.15, 0.2) is 23.4 Å². The molecule has 0 fully saturated rings. The van der Waals surface area contributed by atoms with Gasteiger partial charge in [-0.15, -0.1) is 0 Å². The minimum absolute atomic E-state index is 0.259. The van der Waals surface area contributed by atoms with Gasteiger partial charge in [-0.1, -0.05) is 16.7 Å². The lowest BCUT2D eigenvalue weighted by molar-refractivity contribution is 0.995. The lowest BCUT2D eigenvalue weighted by atomic mass is 10.4. The molecule has 0 aliphatic rings. The van der Waals surface area contributed by atoms with Gasteiger partial charge in [-0.05, 0) is 24.6 Å². The van der Waals surface area contributed by atoms with Crippen LogP contribution in [0.1, 0.15) is 11.4 Å². The first-order valence-corrected chi connectivity index (χ1v) is 4.74. The van der Waals surface area contributed by atoms with Crippen LogP contribution in [0.25, 0.3) is 16.1 Å². The molecular formula is C9H8ClN5. The molecule has 0 saturated heterocycles. The quantitative estimate of drug-likeness (QED) is 0.437. The highest BCUT2D eigenvalue weighted by Gasteiger charge is 2.04. The van der Waals surface area contributed by atoms with Crippen LogP contribution in [-0.4, -0.2) is 9.38 Å². The van der Waals surface area contributed by atoms with E-state index in [0.717, 1.165) is 17.0 Å². The van der Waals surface area contributed by atoms with Crippen LogP contribution in [-0.2, 0) is 6.54 Å². The summed E-state index contributed by atoms with van der Waals surface area (Å²) in [5, 5.41) is 4.15. The average Bonchev–Trinajstić information content (AvgIpc) is 2.64. The van der Waals surface area contributed by atoms with E-state index in [0.29, 0.717) is 5.02 Å². The van der Waals surface area contributed by atoms with Gasteiger partial charge in [-0.2, -0.15) is 0 Å². The Morgan fingerprint density at radius 3 is 3.13 bits per heavy atom. The number of nitrogens with zero attached hydrogens (tertiary/aromatic N) is 5. The molecule has 0 N–H and O–H groups in total. The maximum Gasteiger partial charge on any atom is 0.137 e. The third kappa shape index (κ3) is 1.75. The molecule has 0 aliphatic heterocycles. The van der Waals surface area contributed by atoms with Crippen molar-refractivity contribution in [1.82, 2.24) is 9.38 Å². The molecule has 15 heavy (non-hydrogen) atoms. The Hall–Kier alpha value is -1.71. The first kappa shape index (κ1) is 9.83. The first-order chi connectivity index (χ1) is 7.22. The van der Waals surface area contributed by atoms with E-state index in [1.165, 1.54) is 0 Å². The van der Waals surface area contributed by atoms with Crippen molar-refractivity contribution in [2.75, 3.05) is 0 Å². The van der Waals surface area contributed by atoms with Gasteiger partial charge in [0.15, 0.2) is 0 Å². The summed E-state index contributed by atoms with van der Waals surface area (Å²) in [6.45, 7) is 2.17. The molecule has 0 bridgehead atoms. The third-order valence-corrected chi connectivity index (χ3v) is 2.56. The van der Waals surface area contributed by atoms with E-state index in [4.69, 9.17) is 17.1 Å². The number of rotatable bonds is 2. The van der Waals surface area contributed by atoms with Crippen molar-refractivity contribution in [1.29, 1.82) is 0 Å². The van der Waals surface area contributed by atoms with Crippen molar-refractivity contribution in [3.8, 4) is 0 Å². The van der Waals surface area contributed by atoms with Gasteiger partial charge in [0.25, 0.3) is 0 Å². The number of hydrogen-bond donors (Lipinski definition) is 0. The fourth-order valence-corrected chi connectivity index (χ4v) is 1.55. The molecule has 0 aromatic carbocycles. The van der Waals surface area contributed by atoms with Crippen LogP contribution in [0.2, 0.25) is 5.02 Å².